The topological polar surface area (TPSA) is 51.4 Å². The van der Waals surface area contributed by atoms with Crippen LogP contribution in [0.2, 0.25) is 0 Å². The molecule has 2 N–H and O–H groups in total. The molecule has 0 bridgehead atoms. The van der Waals surface area contributed by atoms with Crippen molar-refractivity contribution in [1.29, 1.82) is 0 Å². The Kier molecular flexibility index (Phi) is 3.67. The molecule has 0 spiro atoms. The van der Waals surface area contributed by atoms with Crippen molar-refractivity contribution in [3.63, 3.8) is 0 Å². The quantitative estimate of drug-likeness (QED) is 0.895. The van der Waals surface area contributed by atoms with Crippen LogP contribution >= 0.6 is 0 Å². The minimum Gasteiger partial charge on any atom is -0.496 e. The maximum Gasteiger partial charge on any atom is 0.123 e. The van der Waals surface area contributed by atoms with Crippen molar-refractivity contribution in [2.45, 2.75) is 6.54 Å². The van der Waals surface area contributed by atoms with Gasteiger partial charge in [0.25, 0.3) is 0 Å². The van der Waals surface area contributed by atoms with Crippen LogP contribution in [0.1, 0.15) is 5.56 Å². The molecule has 1 aromatic carbocycles. The first-order valence-corrected chi connectivity index (χ1v) is 5.75. The Morgan fingerprint density at radius 3 is 2.78 bits per heavy atom. The van der Waals surface area contributed by atoms with Gasteiger partial charge in [0, 0.05) is 25.4 Å². The van der Waals surface area contributed by atoms with E-state index in [1.165, 1.54) is 0 Å². The van der Waals surface area contributed by atoms with Crippen molar-refractivity contribution in [2.24, 2.45) is 0 Å². The van der Waals surface area contributed by atoms with Gasteiger partial charge in [-0.2, -0.15) is 0 Å². The predicted octanol–water partition coefficient (Wildman–Crippen LogP) is 2.31. The van der Waals surface area contributed by atoms with Gasteiger partial charge in [-0.05, 0) is 12.1 Å². The summed E-state index contributed by atoms with van der Waals surface area (Å²) in [6.07, 6.45) is 3.40. The predicted molar refractivity (Wildman–Crippen MR) is 73.8 cm³/mol. The third kappa shape index (κ3) is 2.53. The Bertz CT molecular complexity index is 528. The number of para-hydroxylation sites is 1. The lowest BCUT2D eigenvalue weighted by Gasteiger charge is -2.21. The minimum atomic E-state index is 0.676. The Morgan fingerprint density at radius 2 is 2.06 bits per heavy atom. The summed E-state index contributed by atoms with van der Waals surface area (Å²) in [6, 6.07) is 9.88. The second kappa shape index (κ2) is 5.40. The lowest BCUT2D eigenvalue weighted by atomic mass is 10.2. The smallest absolute Gasteiger partial charge is 0.123 e. The van der Waals surface area contributed by atoms with Crippen molar-refractivity contribution < 1.29 is 4.74 Å². The summed E-state index contributed by atoms with van der Waals surface area (Å²) < 4.78 is 5.34. The molecule has 4 heteroatoms. The highest BCUT2D eigenvalue weighted by molar-refractivity contribution is 5.65. The molecule has 94 valence electrons. The highest BCUT2D eigenvalue weighted by Gasteiger charge is 2.08. The van der Waals surface area contributed by atoms with E-state index in [-0.39, 0.29) is 0 Å². The molecule has 0 fully saturated rings. The standard InChI is InChI=1S/C14H17N3O/c1-17(13-7-8-16-9-12(13)15)10-11-5-3-4-6-14(11)18-2/h3-9H,10,15H2,1-2H3. The fourth-order valence-corrected chi connectivity index (χ4v) is 1.92. The lowest BCUT2D eigenvalue weighted by molar-refractivity contribution is 0.409. The van der Waals surface area contributed by atoms with E-state index in [0.717, 1.165) is 23.5 Å². The normalized spacial score (nSPS) is 10.1. The van der Waals surface area contributed by atoms with Gasteiger partial charge in [-0.3, -0.25) is 4.98 Å². The van der Waals surface area contributed by atoms with Crippen molar-refractivity contribution >= 4 is 11.4 Å². The maximum atomic E-state index is 5.91. The molecule has 0 aliphatic rings. The molecule has 0 unspecified atom stereocenters. The third-order valence-electron chi connectivity index (χ3n) is 2.84. The van der Waals surface area contributed by atoms with Gasteiger partial charge in [-0.1, -0.05) is 18.2 Å². The molecule has 0 atom stereocenters. The van der Waals surface area contributed by atoms with E-state index in [2.05, 4.69) is 9.88 Å². The number of hydrogen-bond donors (Lipinski definition) is 1. The van der Waals surface area contributed by atoms with Crippen LogP contribution < -0.4 is 15.4 Å². The number of nitrogens with zero attached hydrogens (tertiary/aromatic N) is 2. The Labute approximate surface area is 107 Å². The molecule has 0 aliphatic heterocycles. The van der Waals surface area contributed by atoms with Crippen LogP contribution in [0.4, 0.5) is 11.4 Å². The van der Waals surface area contributed by atoms with Crippen molar-refractivity contribution in [3.8, 4) is 5.75 Å². The molecule has 1 aromatic heterocycles. The summed E-state index contributed by atoms with van der Waals surface area (Å²) in [5, 5.41) is 0. The van der Waals surface area contributed by atoms with Crippen LogP contribution in [0.3, 0.4) is 0 Å². The van der Waals surface area contributed by atoms with Crippen molar-refractivity contribution in [1.82, 2.24) is 4.98 Å². The highest BCUT2D eigenvalue weighted by Crippen LogP contribution is 2.25. The first-order chi connectivity index (χ1) is 8.72. The number of nitrogen functional groups attached to an aromatic ring is 1. The highest BCUT2D eigenvalue weighted by atomic mass is 16.5. The maximum absolute atomic E-state index is 5.91. The Balaban J connectivity index is 2.21. The summed E-state index contributed by atoms with van der Waals surface area (Å²) in [5.74, 6) is 0.886. The first-order valence-electron chi connectivity index (χ1n) is 5.75. The summed E-state index contributed by atoms with van der Waals surface area (Å²) in [7, 11) is 3.68. The second-order valence-electron chi connectivity index (χ2n) is 4.10. The van der Waals surface area contributed by atoms with Crippen LogP contribution in [-0.4, -0.2) is 19.1 Å². The van der Waals surface area contributed by atoms with Crippen LogP contribution in [0.25, 0.3) is 0 Å². The summed E-state index contributed by atoms with van der Waals surface area (Å²) in [6.45, 7) is 0.734. The number of pyridine rings is 1. The van der Waals surface area contributed by atoms with E-state index in [1.807, 2.05) is 37.4 Å². The molecule has 2 aromatic rings. The minimum absolute atomic E-state index is 0.676. The number of nitrogens with two attached hydrogens (primary N) is 1. The molecular weight excluding hydrogens is 226 g/mol. The number of methoxy groups -OCH3 is 1. The van der Waals surface area contributed by atoms with Gasteiger partial charge in [-0.15, -0.1) is 0 Å². The number of benzene rings is 1. The van der Waals surface area contributed by atoms with Crippen LogP contribution in [0.5, 0.6) is 5.75 Å². The molecule has 0 amide bonds. The molecule has 0 radical (unpaired) electrons. The van der Waals surface area contributed by atoms with Crippen molar-refractivity contribution in [2.75, 3.05) is 24.8 Å². The summed E-state index contributed by atoms with van der Waals surface area (Å²) in [4.78, 5) is 6.07. The van der Waals surface area contributed by atoms with Crippen LogP contribution in [0.15, 0.2) is 42.7 Å². The molecular formula is C14H17N3O. The van der Waals surface area contributed by atoms with E-state index in [1.54, 1.807) is 19.5 Å². The Hall–Kier alpha value is -2.23. The average molecular weight is 243 g/mol. The zero-order valence-corrected chi connectivity index (χ0v) is 10.6. The molecule has 0 saturated heterocycles. The first kappa shape index (κ1) is 12.2. The molecule has 0 aliphatic carbocycles. The zero-order chi connectivity index (χ0) is 13.0. The fourth-order valence-electron chi connectivity index (χ4n) is 1.92. The second-order valence-corrected chi connectivity index (χ2v) is 4.10. The SMILES string of the molecule is COc1ccccc1CN(C)c1ccncc1N. The molecule has 4 nitrogen and oxygen atoms in total. The summed E-state index contributed by atoms with van der Waals surface area (Å²) in [5.41, 5.74) is 8.68. The van der Waals surface area contributed by atoms with Gasteiger partial charge in [0.05, 0.1) is 24.7 Å². The van der Waals surface area contributed by atoms with Gasteiger partial charge in [-0.25, -0.2) is 0 Å². The number of hydrogen-bond acceptors (Lipinski definition) is 4. The monoisotopic (exact) mass is 243 g/mol. The van der Waals surface area contributed by atoms with Gasteiger partial charge >= 0.3 is 0 Å². The lowest BCUT2D eigenvalue weighted by Crippen LogP contribution is -2.18. The van der Waals surface area contributed by atoms with E-state index in [4.69, 9.17) is 10.5 Å². The number of rotatable bonds is 4. The van der Waals surface area contributed by atoms with Gasteiger partial charge < -0.3 is 15.4 Å². The van der Waals surface area contributed by atoms with E-state index in [0.29, 0.717) is 5.69 Å². The van der Waals surface area contributed by atoms with E-state index >= 15 is 0 Å². The van der Waals surface area contributed by atoms with Gasteiger partial charge in [0.2, 0.25) is 0 Å². The van der Waals surface area contributed by atoms with Crippen LogP contribution in [0, 0.1) is 0 Å². The third-order valence-corrected chi connectivity index (χ3v) is 2.84. The fraction of sp³-hybridized carbons (Fsp3) is 0.214. The molecule has 1 heterocycles. The number of anilines is 2. The zero-order valence-electron chi connectivity index (χ0n) is 10.6. The van der Waals surface area contributed by atoms with Crippen molar-refractivity contribution in [3.05, 3.63) is 48.3 Å². The largest absolute Gasteiger partial charge is 0.496 e. The number of aromatic nitrogens is 1. The van der Waals surface area contributed by atoms with Crippen LogP contribution in [-0.2, 0) is 6.54 Å². The molecule has 2 rings (SSSR count). The number of ether oxygens (including phenoxy) is 1. The van der Waals surface area contributed by atoms with E-state index < -0.39 is 0 Å². The molecule has 18 heavy (non-hydrogen) atoms. The summed E-state index contributed by atoms with van der Waals surface area (Å²) >= 11 is 0. The average Bonchev–Trinajstić information content (AvgIpc) is 2.39. The molecule has 0 saturated carbocycles. The van der Waals surface area contributed by atoms with Gasteiger partial charge in [0.15, 0.2) is 0 Å². The van der Waals surface area contributed by atoms with Gasteiger partial charge in [0.1, 0.15) is 5.75 Å². The Morgan fingerprint density at radius 1 is 1.28 bits per heavy atom. The van der Waals surface area contributed by atoms with E-state index in [9.17, 15) is 0 Å².